The Kier molecular flexibility index (Phi) is 1.43. The fraction of sp³-hybridized carbons (Fsp3) is 0.750. The summed E-state index contributed by atoms with van der Waals surface area (Å²) >= 11 is 0. The van der Waals surface area contributed by atoms with Crippen LogP contribution in [0.1, 0.15) is 41.0 Å². The molecule has 3 aliphatic rings. The number of rotatable bonds is 0. The van der Waals surface area contributed by atoms with Crippen LogP contribution in [0.2, 0.25) is 0 Å². The second kappa shape index (κ2) is 2.08. The maximum Gasteiger partial charge on any atom is 0.164 e. The standard InChI is InChI=1S/C12H18O/c1-7-8(2)10(13)12(5)6-9(7)11(12,3)4/h9H,6H2,1-5H3. The van der Waals surface area contributed by atoms with Crippen molar-refractivity contribution in [1.29, 1.82) is 0 Å². The smallest absolute Gasteiger partial charge is 0.164 e. The van der Waals surface area contributed by atoms with Crippen LogP contribution in [-0.2, 0) is 4.79 Å². The van der Waals surface area contributed by atoms with Crippen LogP contribution in [0.25, 0.3) is 0 Å². The van der Waals surface area contributed by atoms with Crippen molar-refractivity contribution in [3.8, 4) is 0 Å². The summed E-state index contributed by atoms with van der Waals surface area (Å²) in [6, 6.07) is 0. The number of hydrogen-bond acceptors (Lipinski definition) is 1. The molecule has 1 saturated carbocycles. The number of fused-ring (bicyclic) bond motifs is 1. The molecule has 0 aromatic heterocycles. The minimum atomic E-state index is -0.0682. The van der Waals surface area contributed by atoms with Crippen molar-refractivity contribution in [2.24, 2.45) is 16.7 Å². The summed E-state index contributed by atoms with van der Waals surface area (Å²) in [5, 5.41) is 0. The third-order valence-corrected chi connectivity index (χ3v) is 4.86. The third-order valence-electron chi connectivity index (χ3n) is 4.86. The number of Topliss-reactive ketones (excluding diaryl/α,β-unsaturated/α-hetero) is 1. The Bertz CT molecular complexity index is 322. The van der Waals surface area contributed by atoms with Gasteiger partial charge in [0.15, 0.2) is 5.78 Å². The average molecular weight is 178 g/mol. The lowest BCUT2D eigenvalue weighted by Crippen LogP contribution is -2.61. The molecule has 0 heterocycles. The second-order valence-corrected chi connectivity index (χ2v) is 5.45. The molecule has 72 valence electrons. The van der Waals surface area contributed by atoms with E-state index >= 15 is 0 Å². The van der Waals surface area contributed by atoms with E-state index < -0.39 is 0 Å². The molecule has 0 radical (unpaired) electrons. The van der Waals surface area contributed by atoms with Crippen LogP contribution in [0.5, 0.6) is 0 Å². The molecule has 13 heavy (non-hydrogen) atoms. The molecule has 2 atom stereocenters. The predicted octanol–water partition coefficient (Wildman–Crippen LogP) is 2.96. The molecule has 0 aliphatic heterocycles. The van der Waals surface area contributed by atoms with Crippen molar-refractivity contribution >= 4 is 5.78 Å². The molecular weight excluding hydrogens is 160 g/mol. The fourth-order valence-corrected chi connectivity index (χ4v) is 3.11. The SMILES string of the molecule is CC1=C(C)C2CC(C)(C1=O)C2(C)C. The van der Waals surface area contributed by atoms with Gasteiger partial charge < -0.3 is 0 Å². The Morgan fingerprint density at radius 1 is 1.23 bits per heavy atom. The van der Waals surface area contributed by atoms with Crippen LogP contribution in [0.3, 0.4) is 0 Å². The van der Waals surface area contributed by atoms with Gasteiger partial charge in [0.05, 0.1) is 0 Å². The average Bonchev–Trinajstić information content (AvgIpc) is 2.07. The molecule has 2 bridgehead atoms. The van der Waals surface area contributed by atoms with E-state index in [9.17, 15) is 4.79 Å². The lowest BCUT2D eigenvalue weighted by molar-refractivity contribution is -0.156. The molecule has 1 heteroatoms. The van der Waals surface area contributed by atoms with Crippen molar-refractivity contribution in [2.75, 3.05) is 0 Å². The summed E-state index contributed by atoms with van der Waals surface area (Å²) in [4.78, 5) is 12.1. The number of carbonyl (C=O) groups is 1. The first-order chi connectivity index (χ1) is 5.82. The monoisotopic (exact) mass is 178 g/mol. The van der Waals surface area contributed by atoms with Crippen LogP contribution >= 0.6 is 0 Å². The quantitative estimate of drug-likeness (QED) is 0.557. The van der Waals surface area contributed by atoms with Crippen LogP contribution in [0.4, 0.5) is 0 Å². The molecule has 0 aromatic rings. The Labute approximate surface area is 80.2 Å². The summed E-state index contributed by atoms with van der Waals surface area (Å²) < 4.78 is 0. The molecule has 0 aromatic carbocycles. The minimum absolute atomic E-state index is 0.0682. The summed E-state index contributed by atoms with van der Waals surface area (Å²) in [5.41, 5.74) is 2.48. The maximum atomic E-state index is 12.1. The second-order valence-electron chi connectivity index (χ2n) is 5.45. The Morgan fingerprint density at radius 3 is 2.23 bits per heavy atom. The normalized spacial score (nSPS) is 41.9. The van der Waals surface area contributed by atoms with Crippen molar-refractivity contribution in [1.82, 2.24) is 0 Å². The van der Waals surface area contributed by atoms with Gasteiger partial charge in [0.2, 0.25) is 0 Å². The van der Waals surface area contributed by atoms with Crippen LogP contribution in [0, 0.1) is 16.7 Å². The molecule has 0 N–H and O–H groups in total. The van der Waals surface area contributed by atoms with E-state index in [-0.39, 0.29) is 10.8 Å². The molecule has 0 saturated heterocycles. The van der Waals surface area contributed by atoms with Gasteiger partial charge >= 0.3 is 0 Å². The highest BCUT2D eigenvalue weighted by Crippen LogP contribution is 2.67. The first kappa shape index (κ1) is 8.98. The zero-order valence-corrected chi connectivity index (χ0v) is 9.19. The molecular formula is C12H18O. The van der Waals surface area contributed by atoms with E-state index in [1.807, 2.05) is 6.92 Å². The van der Waals surface area contributed by atoms with Crippen molar-refractivity contribution in [3.63, 3.8) is 0 Å². The van der Waals surface area contributed by atoms with Gasteiger partial charge in [-0.15, -0.1) is 0 Å². The first-order valence-electron chi connectivity index (χ1n) is 5.04. The number of carbonyl (C=O) groups excluding carboxylic acids is 1. The van der Waals surface area contributed by atoms with Gasteiger partial charge in [0.25, 0.3) is 0 Å². The van der Waals surface area contributed by atoms with E-state index in [0.717, 1.165) is 12.0 Å². The van der Waals surface area contributed by atoms with Gasteiger partial charge in [0.1, 0.15) is 0 Å². The summed E-state index contributed by atoms with van der Waals surface area (Å²) in [5.74, 6) is 1.03. The van der Waals surface area contributed by atoms with E-state index in [4.69, 9.17) is 0 Å². The highest BCUT2D eigenvalue weighted by Gasteiger charge is 2.64. The molecule has 1 nitrogen and oxygen atoms in total. The van der Waals surface area contributed by atoms with Gasteiger partial charge in [-0.1, -0.05) is 26.3 Å². The Balaban J connectivity index is 2.58. The summed E-state index contributed by atoms with van der Waals surface area (Å²) in [6.45, 7) is 10.7. The van der Waals surface area contributed by atoms with Crippen LogP contribution in [-0.4, -0.2) is 5.78 Å². The van der Waals surface area contributed by atoms with E-state index in [0.29, 0.717) is 11.7 Å². The fourth-order valence-electron chi connectivity index (χ4n) is 3.11. The van der Waals surface area contributed by atoms with Gasteiger partial charge in [0, 0.05) is 5.41 Å². The van der Waals surface area contributed by atoms with Crippen LogP contribution in [0.15, 0.2) is 11.1 Å². The van der Waals surface area contributed by atoms with E-state index in [1.54, 1.807) is 0 Å². The predicted molar refractivity (Wildman–Crippen MR) is 53.4 cm³/mol. The Hall–Kier alpha value is -0.590. The lowest BCUT2D eigenvalue weighted by atomic mass is 9.39. The molecule has 1 fully saturated rings. The topological polar surface area (TPSA) is 17.1 Å². The van der Waals surface area contributed by atoms with E-state index in [1.165, 1.54) is 5.57 Å². The molecule has 3 rings (SSSR count). The zero-order chi connectivity index (χ0) is 10.0. The third kappa shape index (κ3) is 0.722. The largest absolute Gasteiger partial charge is 0.294 e. The number of ketones is 1. The summed E-state index contributed by atoms with van der Waals surface area (Å²) in [6.07, 6.45) is 1.07. The minimum Gasteiger partial charge on any atom is -0.294 e. The van der Waals surface area contributed by atoms with Crippen molar-refractivity contribution in [2.45, 2.75) is 41.0 Å². The van der Waals surface area contributed by atoms with Crippen molar-refractivity contribution in [3.05, 3.63) is 11.1 Å². The van der Waals surface area contributed by atoms with Gasteiger partial charge in [-0.2, -0.15) is 0 Å². The van der Waals surface area contributed by atoms with Crippen LogP contribution < -0.4 is 0 Å². The molecule has 2 unspecified atom stereocenters. The van der Waals surface area contributed by atoms with Gasteiger partial charge in [-0.25, -0.2) is 0 Å². The maximum absolute atomic E-state index is 12.1. The highest BCUT2D eigenvalue weighted by atomic mass is 16.1. The van der Waals surface area contributed by atoms with Crippen molar-refractivity contribution < 1.29 is 4.79 Å². The lowest BCUT2D eigenvalue weighted by Gasteiger charge is -2.63. The first-order valence-corrected chi connectivity index (χ1v) is 5.04. The molecule has 0 spiro atoms. The molecule has 3 aliphatic carbocycles. The van der Waals surface area contributed by atoms with E-state index in [2.05, 4.69) is 27.7 Å². The highest BCUT2D eigenvalue weighted by molar-refractivity contribution is 6.03. The number of hydrogen-bond donors (Lipinski definition) is 0. The zero-order valence-electron chi connectivity index (χ0n) is 9.19. The van der Waals surface area contributed by atoms with Gasteiger partial charge in [-0.05, 0) is 37.2 Å². The number of allylic oxidation sites excluding steroid dienone is 2. The summed E-state index contributed by atoms with van der Waals surface area (Å²) in [7, 11) is 0. The van der Waals surface area contributed by atoms with Gasteiger partial charge in [-0.3, -0.25) is 4.79 Å². The Morgan fingerprint density at radius 2 is 1.77 bits per heavy atom. The molecule has 0 amide bonds.